The van der Waals surface area contributed by atoms with Gasteiger partial charge >= 0.3 is 0 Å². The lowest BCUT2D eigenvalue weighted by Crippen LogP contribution is -2.50. The third-order valence-corrected chi connectivity index (χ3v) is 6.88. The molecule has 1 saturated heterocycles. The molecule has 1 N–H and O–H groups in total. The largest absolute Gasteiger partial charge is 0.378 e. The fourth-order valence-electron chi connectivity index (χ4n) is 5.23. The van der Waals surface area contributed by atoms with E-state index < -0.39 is 0 Å². The molecule has 3 atom stereocenters. The highest BCUT2D eigenvalue weighted by molar-refractivity contribution is 7.98. The lowest BCUT2D eigenvalue weighted by Gasteiger charge is -2.47. The molecule has 1 fully saturated rings. The van der Waals surface area contributed by atoms with E-state index in [0.29, 0.717) is 18.6 Å². The van der Waals surface area contributed by atoms with Crippen LogP contribution in [0.15, 0.2) is 18.2 Å². The van der Waals surface area contributed by atoms with Gasteiger partial charge in [-0.3, -0.25) is 4.90 Å². The van der Waals surface area contributed by atoms with Gasteiger partial charge in [0.05, 0.1) is 6.61 Å². The van der Waals surface area contributed by atoms with E-state index in [1.807, 2.05) is 11.8 Å². The number of H-pyrrole nitrogens is 1. The molecule has 1 aliphatic heterocycles. The van der Waals surface area contributed by atoms with E-state index in [-0.39, 0.29) is 0 Å². The molecule has 4 rings (SSSR count). The number of benzene rings is 1. The topological polar surface area (TPSA) is 28.3 Å². The van der Waals surface area contributed by atoms with Crippen LogP contribution in [-0.2, 0) is 17.8 Å². The fraction of sp³-hybridized carbons (Fsp3) is 0.619. The van der Waals surface area contributed by atoms with Gasteiger partial charge in [0.25, 0.3) is 0 Å². The molecule has 1 aliphatic carbocycles. The molecular weight excluding hydrogens is 328 g/mol. The Bertz CT molecular complexity index is 741. The van der Waals surface area contributed by atoms with Crippen LogP contribution in [0, 0.1) is 5.92 Å². The zero-order chi connectivity index (χ0) is 17.4. The highest BCUT2D eigenvalue weighted by atomic mass is 32.2. The second kappa shape index (κ2) is 7.34. The normalized spacial score (nSPS) is 26.1. The summed E-state index contributed by atoms with van der Waals surface area (Å²) in [5.74, 6) is 2.78. The number of piperidine rings is 1. The summed E-state index contributed by atoms with van der Waals surface area (Å²) in [6, 6.07) is 7.51. The van der Waals surface area contributed by atoms with Crippen LogP contribution in [0.25, 0.3) is 10.9 Å². The van der Waals surface area contributed by atoms with E-state index >= 15 is 0 Å². The summed E-state index contributed by atoms with van der Waals surface area (Å²) in [4.78, 5) is 6.43. The molecule has 0 bridgehead atoms. The number of likely N-dealkylation sites (tertiary alicyclic amines) is 1. The first-order valence-electron chi connectivity index (χ1n) is 9.61. The van der Waals surface area contributed by atoms with Gasteiger partial charge in [-0.05, 0) is 60.9 Å². The number of ether oxygens (including phenoxy) is 1. The van der Waals surface area contributed by atoms with Gasteiger partial charge in [-0.2, -0.15) is 11.8 Å². The number of aromatic nitrogens is 1. The minimum Gasteiger partial charge on any atom is -0.378 e. The molecule has 25 heavy (non-hydrogen) atoms. The molecule has 2 heterocycles. The van der Waals surface area contributed by atoms with Crippen LogP contribution >= 0.6 is 11.8 Å². The number of nitrogens with zero attached hydrogens (tertiary/aromatic N) is 1. The van der Waals surface area contributed by atoms with Crippen molar-refractivity contribution >= 4 is 22.7 Å². The summed E-state index contributed by atoms with van der Waals surface area (Å²) in [5.41, 5.74) is 5.67. The molecule has 1 unspecified atom stereocenters. The minimum atomic E-state index is 0.655. The third kappa shape index (κ3) is 3.02. The van der Waals surface area contributed by atoms with Gasteiger partial charge in [0.2, 0.25) is 0 Å². The van der Waals surface area contributed by atoms with Crippen molar-refractivity contribution in [1.82, 2.24) is 9.88 Å². The van der Waals surface area contributed by atoms with Crippen LogP contribution in [-0.4, -0.2) is 48.1 Å². The second-order valence-electron chi connectivity index (χ2n) is 7.71. The molecule has 2 aliphatic rings. The van der Waals surface area contributed by atoms with Crippen molar-refractivity contribution in [3.05, 3.63) is 35.0 Å². The van der Waals surface area contributed by atoms with Crippen molar-refractivity contribution in [2.75, 3.05) is 32.2 Å². The highest BCUT2D eigenvalue weighted by Gasteiger charge is 2.41. The molecule has 0 amide bonds. The quantitative estimate of drug-likeness (QED) is 0.829. The average Bonchev–Trinajstić information content (AvgIpc) is 2.96. The smallest absolute Gasteiger partial charge is 0.0865 e. The molecular formula is C21H30N2OS. The number of hydrogen-bond acceptors (Lipinski definition) is 3. The Kier molecular flexibility index (Phi) is 5.12. The Labute approximate surface area is 155 Å². The number of rotatable bonds is 6. The highest BCUT2D eigenvalue weighted by Crippen LogP contribution is 2.46. The summed E-state index contributed by atoms with van der Waals surface area (Å²) < 4.78 is 5.48. The van der Waals surface area contributed by atoms with Crippen LogP contribution in [0.3, 0.4) is 0 Å². The van der Waals surface area contributed by atoms with Gasteiger partial charge in [0.15, 0.2) is 0 Å². The van der Waals surface area contributed by atoms with E-state index in [9.17, 15) is 0 Å². The molecule has 3 nitrogen and oxygen atoms in total. The second-order valence-corrected chi connectivity index (χ2v) is 8.63. The third-order valence-electron chi connectivity index (χ3n) is 6.08. The van der Waals surface area contributed by atoms with E-state index in [4.69, 9.17) is 4.74 Å². The first-order valence-corrected chi connectivity index (χ1v) is 11.0. The Hall–Kier alpha value is -0.970. The first-order chi connectivity index (χ1) is 12.3. The van der Waals surface area contributed by atoms with E-state index in [1.54, 1.807) is 12.7 Å². The maximum Gasteiger partial charge on any atom is 0.0865 e. The zero-order valence-corrected chi connectivity index (χ0v) is 16.5. The number of thioether (sulfide) groups is 1. The summed E-state index contributed by atoms with van der Waals surface area (Å²) in [7, 11) is 1.79. The number of hydrogen-bond donors (Lipinski definition) is 1. The Morgan fingerprint density at radius 3 is 3.00 bits per heavy atom. The predicted molar refractivity (Wildman–Crippen MR) is 108 cm³/mol. The molecule has 1 aromatic carbocycles. The fourth-order valence-corrected chi connectivity index (χ4v) is 5.94. The van der Waals surface area contributed by atoms with Crippen LogP contribution in [0.1, 0.15) is 42.5 Å². The number of fused-ring (bicyclic) bond motifs is 2. The van der Waals surface area contributed by atoms with Gasteiger partial charge in [0, 0.05) is 42.2 Å². The molecule has 136 valence electrons. The van der Waals surface area contributed by atoms with Crippen molar-refractivity contribution in [2.24, 2.45) is 5.92 Å². The lowest BCUT2D eigenvalue weighted by molar-refractivity contribution is 0.0919. The Morgan fingerprint density at radius 1 is 1.36 bits per heavy atom. The van der Waals surface area contributed by atoms with Crippen molar-refractivity contribution in [1.29, 1.82) is 0 Å². The molecule has 0 saturated carbocycles. The Balaban J connectivity index is 1.78. The summed E-state index contributed by atoms with van der Waals surface area (Å²) in [5, 5.41) is 1.50. The average molecular weight is 359 g/mol. The first kappa shape index (κ1) is 17.4. The maximum atomic E-state index is 5.48. The summed E-state index contributed by atoms with van der Waals surface area (Å²) in [6.07, 6.45) is 6.00. The summed E-state index contributed by atoms with van der Waals surface area (Å²) in [6.45, 7) is 5.49. The van der Waals surface area contributed by atoms with Gasteiger partial charge in [-0.15, -0.1) is 0 Å². The monoisotopic (exact) mass is 358 g/mol. The zero-order valence-electron chi connectivity index (χ0n) is 15.7. The van der Waals surface area contributed by atoms with Crippen molar-refractivity contribution in [3.63, 3.8) is 0 Å². The number of nitrogens with one attached hydrogen (secondary N) is 1. The maximum absolute atomic E-state index is 5.48. The van der Waals surface area contributed by atoms with E-state index in [1.165, 1.54) is 60.3 Å². The Morgan fingerprint density at radius 2 is 2.24 bits per heavy atom. The summed E-state index contributed by atoms with van der Waals surface area (Å²) >= 11 is 2.01. The van der Waals surface area contributed by atoms with Crippen LogP contribution < -0.4 is 0 Å². The SMILES string of the molecule is CCCN1C[C@H](CSC)CC2c3cccc4[nH]c(COC)c(c34)C[C@H]21. The molecule has 4 heteroatoms. The van der Waals surface area contributed by atoms with E-state index in [2.05, 4.69) is 41.3 Å². The number of aromatic amines is 1. The molecule has 0 spiro atoms. The van der Waals surface area contributed by atoms with Crippen molar-refractivity contribution in [2.45, 2.75) is 44.8 Å². The van der Waals surface area contributed by atoms with E-state index in [0.717, 1.165) is 5.92 Å². The van der Waals surface area contributed by atoms with Crippen LogP contribution in [0.5, 0.6) is 0 Å². The lowest BCUT2D eigenvalue weighted by atomic mass is 9.72. The number of methoxy groups -OCH3 is 1. The molecule has 1 aromatic heterocycles. The van der Waals surface area contributed by atoms with Gasteiger partial charge in [0.1, 0.15) is 0 Å². The van der Waals surface area contributed by atoms with Gasteiger partial charge < -0.3 is 9.72 Å². The molecule has 0 radical (unpaired) electrons. The molecule has 2 aromatic rings. The van der Waals surface area contributed by atoms with Gasteiger partial charge in [-0.25, -0.2) is 0 Å². The van der Waals surface area contributed by atoms with Crippen molar-refractivity contribution < 1.29 is 4.74 Å². The predicted octanol–water partition coefficient (Wildman–Crippen LogP) is 4.42. The standard InChI is InChI=1S/C21H30N2OS/c1-4-8-23-11-14(13-25-3)9-16-15-6-5-7-18-21(15)17(10-20(16)23)19(22-18)12-24-2/h5-7,14,16,20,22H,4,8-13H2,1-3H3/t14-,16?,20-/m1/s1. The minimum absolute atomic E-state index is 0.655. The van der Waals surface area contributed by atoms with Gasteiger partial charge in [-0.1, -0.05) is 19.1 Å². The van der Waals surface area contributed by atoms with Crippen molar-refractivity contribution in [3.8, 4) is 0 Å². The van der Waals surface area contributed by atoms with Crippen LogP contribution in [0.4, 0.5) is 0 Å². The van der Waals surface area contributed by atoms with Crippen LogP contribution in [0.2, 0.25) is 0 Å².